The van der Waals surface area contributed by atoms with Crippen molar-refractivity contribution in [3.05, 3.63) is 59.7 Å². The number of sulfonamides is 2. The van der Waals surface area contributed by atoms with E-state index in [2.05, 4.69) is 40.0 Å². The van der Waals surface area contributed by atoms with E-state index in [1.165, 1.54) is 0 Å². The summed E-state index contributed by atoms with van der Waals surface area (Å²) < 4.78 is 55.4. The van der Waals surface area contributed by atoms with Crippen LogP contribution in [0, 0.1) is 6.92 Å². The van der Waals surface area contributed by atoms with Crippen LogP contribution in [-0.2, 0) is 25.5 Å². The zero-order valence-electron chi connectivity index (χ0n) is 22.5. The van der Waals surface area contributed by atoms with Crippen LogP contribution in [0.15, 0.2) is 58.3 Å². The first-order chi connectivity index (χ1) is 17.4. The molecule has 0 spiro atoms. The van der Waals surface area contributed by atoms with Gasteiger partial charge in [-0.25, -0.2) is 26.3 Å². The lowest BCUT2D eigenvalue weighted by Crippen LogP contribution is -2.47. The van der Waals surface area contributed by atoms with Gasteiger partial charge < -0.3 is 9.80 Å². The molecule has 3 rings (SSSR count). The van der Waals surface area contributed by atoms with E-state index in [-0.39, 0.29) is 5.41 Å². The molecule has 1 aliphatic heterocycles. The van der Waals surface area contributed by atoms with Crippen molar-refractivity contribution in [3.8, 4) is 0 Å². The highest BCUT2D eigenvalue weighted by Gasteiger charge is 2.19. The largest absolute Gasteiger partial charge is 0.301 e. The van der Waals surface area contributed by atoms with E-state index < -0.39 is 20.0 Å². The van der Waals surface area contributed by atoms with Gasteiger partial charge in [0.15, 0.2) is 0 Å². The molecule has 0 aliphatic carbocycles. The SMILES string of the molecule is Cc1ccc(S(=O)(=O)NCCCN2CCN(CCCNS(=O)(=O)c3ccc(C(C)(C)C)cc3)CC2)cc1. The van der Waals surface area contributed by atoms with E-state index in [9.17, 15) is 16.8 Å². The Hall–Kier alpha value is -1.82. The molecule has 0 bridgehead atoms. The Labute approximate surface area is 223 Å². The van der Waals surface area contributed by atoms with Gasteiger partial charge in [-0.05, 0) is 68.1 Å². The summed E-state index contributed by atoms with van der Waals surface area (Å²) in [4.78, 5) is 5.30. The molecular weight excluding hydrogens is 508 g/mol. The van der Waals surface area contributed by atoms with E-state index in [1.54, 1.807) is 36.4 Å². The molecule has 2 N–H and O–H groups in total. The topological polar surface area (TPSA) is 98.8 Å². The molecule has 1 fully saturated rings. The van der Waals surface area contributed by atoms with Gasteiger partial charge in [-0.15, -0.1) is 0 Å². The number of rotatable bonds is 12. The zero-order valence-corrected chi connectivity index (χ0v) is 24.2. The Morgan fingerprint density at radius 2 is 1.05 bits per heavy atom. The first-order valence-electron chi connectivity index (χ1n) is 13.0. The molecule has 1 saturated heterocycles. The molecule has 0 atom stereocenters. The first kappa shape index (κ1) is 29.7. The third kappa shape index (κ3) is 9.15. The number of hydrogen-bond donors (Lipinski definition) is 2. The molecule has 0 unspecified atom stereocenters. The standard InChI is InChI=1S/C27H42N4O4S2/c1-23-7-11-25(12-8-23)36(32,33)28-15-5-17-30-19-21-31(22-20-30)18-6-16-29-37(34,35)26-13-9-24(10-14-26)27(2,3)4/h7-14,28-29H,5-6,15-22H2,1-4H3. The number of hydrogen-bond acceptors (Lipinski definition) is 6. The second-order valence-electron chi connectivity index (χ2n) is 10.8. The first-order valence-corrected chi connectivity index (χ1v) is 15.9. The highest BCUT2D eigenvalue weighted by Crippen LogP contribution is 2.23. The summed E-state index contributed by atoms with van der Waals surface area (Å²) in [6, 6.07) is 14.0. The van der Waals surface area contributed by atoms with Crippen LogP contribution >= 0.6 is 0 Å². The number of benzene rings is 2. The maximum Gasteiger partial charge on any atom is 0.240 e. The van der Waals surface area contributed by atoms with Crippen LogP contribution in [0.25, 0.3) is 0 Å². The van der Waals surface area contributed by atoms with Gasteiger partial charge in [-0.1, -0.05) is 50.6 Å². The van der Waals surface area contributed by atoms with E-state index >= 15 is 0 Å². The lowest BCUT2D eigenvalue weighted by atomic mass is 9.87. The van der Waals surface area contributed by atoms with Gasteiger partial charge in [0.2, 0.25) is 20.0 Å². The Morgan fingerprint density at radius 3 is 1.43 bits per heavy atom. The second-order valence-corrected chi connectivity index (χ2v) is 14.3. The molecule has 8 nitrogen and oxygen atoms in total. The van der Waals surface area contributed by atoms with Crippen LogP contribution in [0.4, 0.5) is 0 Å². The van der Waals surface area contributed by atoms with Gasteiger partial charge in [0.05, 0.1) is 9.79 Å². The molecule has 2 aromatic carbocycles. The molecule has 0 saturated carbocycles. The van der Waals surface area contributed by atoms with Crippen molar-refractivity contribution in [2.75, 3.05) is 52.4 Å². The van der Waals surface area contributed by atoms with Crippen LogP contribution in [-0.4, -0.2) is 79.0 Å². The number of piperazine rings is 1. The molecule has 1 heterocycles. The Balaban J connectivity index is 1.30. The predicted octanol–water partition coefficient (Wildman–Crippen LogP) is 2.95. The molecular formula is C27H42N4O4S2. The van der Waals surface area contributed by atoms with Gasteiger partial charge >= 0.3 is 0 Å². The second kappa shape index (κ2) is 12.8. The number of nitrogens with one attached hydrogen (secondary N) is 2. The minimum absolute atomic E-state index is 0.0149. The summed E-state index contributed by atoms with van der Waals surface area (Å²) in [5, 5.41) is 0. The van der Waals surface area contributed by atoms with Gasteiger partial charge in [0.25, 0.3) is 0 Å². The van der Waals surface area contributed by atoms with Crippen LogP contribution < -0.4 is 9.44 Å². The van der Waals surface area contributed by atoms with Gasteiger partial charge in [0.1, 0.15) is 0 Å². The van der Waals surface area contributed by atoms with Crippen molar-refractivity contribution in [2.45, 2.75) is 55.7 Å². The third-order valence-corrected chi connectivity index (χ3v) is 9.67. The molecule has 0 aromatic heterocycles. The average molecular weight is 551 g/mol. The lowest BCUT2D eigenvalue weighted by Gasteiger charge is -2.34. The maximum absolute atomic E-state index is 12.6. The highest BCUT2D eigenvalue weighted by molar-refractivity contribution is 7.89. The fourth-order valence-electron chi connectivity index (χ4n) is 4.27. The van der Waals surface area contributed by atoms with E-state index in [0.717, 1.165) is 63.2 Å². The fraction of sp³-hybridized carbons (Fsp3) is 0.556. The maximum atomic E-state index is 12.6. The van der Waals surface area contributed by atoms with E-state index in [0.29, 0.717) is 22.9 Å². The average Bonchev–Trinajstić information content (AvgIpc) is 2.85. The molecule has 37 heavy (non-hydrogen) atoms. The van der Waals surface area contributed by atoms with Crippen molar-refractivity contribution < 1.29 is 16.8 Å². The summed E-state index contributed by atoms with van der Waals surface area (Å²) in [5.74, 6) is 0. The summed E-state index contributed by atoms with van der Waals surface area (Å²) in [5.41, 5.74) is 2.12. The summed E-state index contributed by atoms with van der Waals surface area (Å²) in [6.45, 7) is 14.5. The van der Waals surface area contributed by atoms with Crippen molar-refractivity contribution in [1.29, 1.82) is 0 Å². The molecule has 10 heteroatoms. The number of nitrogens with zero attached hydrogens (tertiary/aromatic N) is 2. The minimum Gasteiger partial charge on any atom is -0.301 e. The van der Waals surface area contributed by atoms with Crippen LogP contribution in [0.2, 0.25) is 0 Å². The fourth-order valence-corrected chi connectivity index (χ4v) is 6.42. The molecule has 1 aliphatic rings. The lowest BCUT2D eigenvalue weighted by molar-refractivity contribution is 0.131. The summed E-state index contributed by atoms with van der Waals surface area (Å²) >= 11 is 0. The summed E-state index contributed by atoms with van der Waals surface area (Å²) in [7, 11) is -6.97. The van der Waals surface area contributed by atoms with Crippen LogP contribution in [0.5, 0.6) is 0 Å². The number of aryl methyl sites for hydroxylation is 1. The minimum atomic E-state index is -3.50. The Kier molecular flexibility index (Phi) is 10.3. The Bertz CT molecular complexity index is 1200. The van der Waals surface area contributed by atoms with Gasteiger partial charge in [-0.3, -0.25) is 0 Å². The van der Waals surface area contributed by atoms with Crippen molar-refractivity contribution in [2.24, 2.45) is 0 Å². The normalized spacial score (nSPS) is 16.2. The van der Waals surface area contributed by atoms with Crippen LogP contribution in [0.3, 0.4) is 0 Å². The quantitative estimate of drug-likeness (QED) is 0.395. The summed E-state index contributed by atoms with van der Waals surface area (Å²) in [6.07, 6.45) is 1.50. The van der Waals surface area contributed by atoms with Crippen molar-refractivity contribution in [1.82, 2.24) is 19.2 Å². The molecule has 206 valence electrons. The monoisotopic (exact) mass is 550 g/mol. The van der Waals surface area contributed by atoms with Crippen molar-refractivity contribution >= 4 is 20.0 Å². The highest BCUT2D eigenvalue weighted by atomic mass is 32.2. The van der Waals surface area contributed by atoms with E-state index in [4.69, 9.17) is 0 Å². The van der Waals surface area contributed by atoms with Crippen LogP contribution in [0.1, 0.15) is 44.7 Å². The van der Waals surface area contributed by atoms with Crippen molar-refractivity contribution in [3.63, 3.8) is 0 Å². The molecule has 2 aromatic rings. The van der Waals surface area contributed by atoms with Gasteiger partial charge in [-0.2, -0.15) is 0 Å². The Morgan fingerprint density at radius 1 is 0.676 bits per heavy atom. The molecule has 0 radical (unpaired) electrons. The zero-order chi connectivity index (χ0) is 27.1. The van der Waals surface area contributed by atoms with E-state index in [1.807, 2.05) is 19.1 Å². The third-order valence-electron chi connectivity index (χ3n) is 6.71. The van der Waals surface area contributed by atoms with Gasteiger partial charge in [0, 0.05) is 39.3 Å². The molecule has 0 amide bonds. The smallest absolute Gasteiger partial charge is 0.240 e. The predicted molar refractivity (Wildman–Crippen MR) is 149 cm³/mol.